The SMILES string of the molecule is CN(C)[C@@H](CCC(N)=O)C(=O)C(=O)CF. The lowest BCUT2D eigenvalue weighted by Crippen LogP contribution is -2.41. The van der Waals surface area contributed by atoms with Crippen LogP contribution < -0.4 is 5.73 Å². The number of ketones is 2. The van der Waals surface area contributed by atoms with E-state index in [1.54, 1.807) is 14.1 Å². The van der Waals surface area contributed by atoms with E-state index in [1.165, 1.54) is 4.90 Å². The summed E-state index contributed by atoms with van der Waals surface area (Å²) in [5.74, 6) is -2.44. The predicted molar refractivity (Wildman–Crippen MR) is 51.9 cm³/mol. The zero-order chi connectivity index (χ0) is 12.0. The summed E-state index contributed by atoms with van der Waals surface area (Å²) in [7, 11) is 3.16. The molecule has 0 bridgehead atoms. The fraction of sp³-hybridized carbons (Fsp3) is 0.667. The van der Waals surface area contributed by atoms with Gasteiger partial charge in [0.05, 0.1) is 6.04 Å². The Labute approximate surface area is 87.4 Å². The molecule has 6 heteroatoms. The number of alkyl halides is 1. The Kier molecular flexibility index (Phi) is 5.69. The molecule has 1 amide bonds. The first-order chi connectivity index (χ1) is 6.90. The number of rotatable bonds is 7. The van der Waals surface area contributed by atoms with Crippen LogP contribution in [0.25, 0.3) is 0 Å². The topological polar surface area (TPSA) is 80.5 Å². The highest BCUT2D eigenvalue weighted by Crippen LogP contribution is 2.05. The Morgan fingerprint density at radius 2 is 1.87 bits per heavy atom. The maximum atomic E-state index is 12.0. The molecule has 86 valence electrons. The van der Waals surface area contributed by atoms with Gasteiger partial charge in [-0.05, 0) is 20.5 Å². The second kappa shape index (κ2) is 6.23. The van der Waals surface area contributed by atoms with Crippen LogP contribution in [0.5, 0.6) is 0 Å². The fourth-order valence-electron chi connectivity index (χ4n) is 1.15. The minimum absolute atomic E-state index is 0.00580. The first kappa shape index (κ1) is 13.7. The lowest BCUT2D eigenvalue weighted by atomic mass is 10.0. The molecule has 0 aliphatic carbocycles. The third kappa shape index (κ3) is 4.64. The van der Waals surface area contributed by atoms with E-state index in [2.05, 4.69) is 0 Å². The van der Waals surface area contributed by atoms with Gasteiger partial charge < -0.3 is 5.73 Å². The maximum absolute atomic E-state index is 12.0. The first-order valence-electron chi connectivity index (χ1n) is 4.47. The van der Waals surface area contributed by atoms with Crippen LogP contribution in [0.1, 0.15) is 12.8 Å². The smallest absolute Gasteiger partial charge is 0.230 e. The van der Waals surface area contributed by atoms with Crippen molar-refractivity contribution >= 4 is 17.5 Å². The summed E-state index contributed by atoms with van der Waals surface area (Å²) in [6, 6.07) is -0.777. The number of primary amides is 1. The summed E-state index contributed by atoms with van der Waals surface area (Å²) in [6.45, 7) is -1.31. The predicted octanol–water partition coefficient (Wildman–Crippen LogP) is -0.710. The minimum Gasteiger partial charge on any atom is -0.370 e. The van der Waals surface area contributed by atoms with E-state index in [4.69, 9.17) is 5.73 Å². The molecule has 0 aromatic rings. The molecule has 0 aliphatic rings. The molecule has 0 spiro atoms. The van der Waals surface area contributed by atoms with Crippen LogP contribution in [-0.2, 0) is 14.4 Å². The Balaban J connectivity index is 4.45. The van der Waals surface area contributed by atoms with Crippen molar-refractivity contribution in [3.63, 3.8) is 0 Å². The highest BCUT2D eigenvalue weighted by atomic mass is 19.1. The van der Waals surface area contributed by atoms with E-state index in [0.29, 0.717) is 0 Å². The van der Waals surface area contributed by atoms with E-state index >= 15 is 0 Å². The number of halogens is 1. The molecule has 2 N–H and O–H groups in total. The van der Waals surface area contributed by atoms with Crippen LogP contribution in [0.3, 0.4) is 0 Å². The van der Waals surface area contributed by atoms with Gasteiger partial charge in [0.25, 0.3) is 0 Å². The molecule has 15 heavy (non-hydrogen) atoms. The largest absolute Gasteiger partial charge is 0.370 e. The highest BCUT2D eigenvalue weighted by Gasteiger charge is 2.26. The second-order valence-electron chi connectivity index (χ2n) is 3.41. The number of likely N-dealkylation sites (N-methyl/N-ethyl adjacent to an activating group) is 1. The number of Topliss-reactive ketones (excluding diaryl/α,β-unsaturated/α-hetero) is 2. The number of amides is 1. The number of hydrogen-bond acceptors (Lipinski definition) is 4. The average Bonchev–Trinajstić information content (AvgIpc) is 2.15. The number of carbonyl (C=O) groups is 3. The Bertz CT molecular complexity index is 266. The van der Waals surface area contributed by atoms with Gasteiger partial charge in [-0.1, -0.05) is 0 Å². The van der Waals surface area contributed by atoms with Crippen LogP contribution in [0.15, 0.2) is 0 Å². The summed E-state index contributed by atoms with van der Waals surface area (Å²) < 4.78 is 12.0. The number of carbonyl (C=O) groups excluding carboxylic acids is 3. The zero-order valence-corrected chi connectivity index (χ0v) is 8.83. The van der Waals surface area contributed by atoms with Gasteiger partial charge >= 0.3 is 0 Å². The minimum atomic E-state index is -1.31. The molecular formula is C9H15FN2O3. The van der Waals surface area contributed by atoms with Crippen LogP contribution >= 0.6 is 0 Å². The van der Waals surface area contributed by atoms with Gasteiger partial charge in [0.2, 0.25) is 17.5 Å². The van der Waals surface area contributed by atoms with Gasteiger partial charge in [-0.2, -0.15) is 0 Å². The van der Waals surface area contributed by atoms with Crippen molar-refractivity contribution in [1.29, 1.82) is 0 Å². The third-order valence-corrected chi connectivity index (χ3v) is 1.99. The molecule has 0 aromatic carbocycles. The van der Waals surface area contributed by atoms with Crippen molar-refractivity contribution in [2.45, 2.75) is 18.9 Å². The van der Waals surface area contributed by atoms with Crippen molar-refractivity contribution in [2.75, 3.05) is 20.8 Å². The number of nitrogens with two attached hydrogens (primary N) is 1. The van der Waals surface area contributed by atoms with Crippen LogP contribution in [0, 0.1) is 0 Å². The van der Waals surface area contributed by atoms with Gasteiger partial charge in [0, 0.05) is 6.42 Å². The van der Waals surface area contributed by atoms with E-state index < -0.39 is 30.2 Å². The second-order valence-corrected chi connectivity index (χ2v) is 3.41. The van der Waals surface area contributed by atoms with Gasteiger partial charge in [-0.3, -0.25) is 19.3 Å². The van der Waals surface area contributed by atoms with Crippen molar-refractivity contribution in [3.05, 3.63) is 0 Å². The normalized spacial score (nSPS) is 12.5. The monoisotopic (exact) mass is 218 g/mol. The lowest BCUT2D eigenvalue weighted by molar-refractivity contribution is -0.140. The summed E-state index contributed by atoms with van der Waals surface area (Å²) in [6.07, 6.45) is 0.126. The van der Waals surface area contributed by atoms with Crippen molar-refractivity contribution in [3.8, 4) is 0 Å². The molecule has 0 fully saturated rings. The summed E-state index contributed by atoms with van der Waals surface area (Å²) in [5.41, 5.74) is 4.92. The third-order valence-electron chi connectivity index (χ3n) is 1.99. The van der Waals surface area contributed by atoms with Crippen molar-refractivity contribution in [2.24, 2.45) is 5.73 Å². The molecular weight excluding hydrogens is 203 g/mol. The molecule has 0 aromatic heterocycles. The maximum Gasteiger partial charge on any atom is 0.230 e. The van der Waals surface area contributed by atoms with Crippen LogP contribution in [-0.4, -0.2) is 49.2 Å². The molecule has 0 saturated heterocycles. The van der Waals surface area contributed by atoms with Crippen LogP contribution in [0.2, 0.25) is 0 Å². The average molecular weight is 218 g/mol. The number of nitrogens with zero attached hydrogens (tertiary/aromatic N) is 1. The van der Waals surface area contributed by atoms with Gasteiger partial charge in [0.1, 0.15) is 0 Å². The van der Waals surface area contributed by atoms with Crippen LogP contribution in [0.4, 0.5) is 4.39 Å². The molecule has 0 unspecified atom stereocenters. The highest BCUT2D eigenvalue weighted by molar-refractivity contribution is 6.39. The Hall–Kier alpha value is -1.30. The molecule has 0 saturated carbocycles. The van der Waals surface area contributed by atoms with Crippen molar-refractivity contribution < 1.29 is 18.8 Å². The molecule has 5 nitrogen and oxygen atoms in total. The Morgan fingerprint density at radius 1 is 1.33 bits per heavy atom. The van der Waals surface area contributed by atoms with E-state index in [9.17, 15) is 18.8 Å². The summed E-state index contributed by atoms with van der Waals surface area (Å²) in [4.78, 5) is 34.2. The van der Waals surface area contributed by atoms with E-state index in [-0.39, 0.29) is 12.8 Å². The van der Waals surface area contributed by atoms with Crippen molar-refractivity contribution in [1.82, 2.24) is 4.90 Å². The van der Waals surface area contributed by atoms with E-state index in [0.717, 1.165) is 0 Å². The van der Waals surface area contributed by atoms with Gasteiger partial charge in [-0.25, -0.2) is 4.39 Å². The molecule has 0 rings (SSSR count). The molecule has 0 radical (unpaired) electrons. The number of hydrogen-bond donors (Lipinski definition) is 1. The molecule has 0 aliphatic heterocycles. The molecule has 0 heterocycles. The summed E-state index contributed by atoms with van der Waals surface area (Å²) >= 11 is 0. The first-order valence-corrected chi connectivity index (χ1v) is 4.47. The summed E-state index contributed by atoms with van der Waals surface area (Å²) in [5, 5.41) is 0. The zero-order valence-electron chi connectivity index (χ0n) is 8.83. The molecule has 1 atom stereocenters. The lowest BCUT2D eigenvalue weighted by Gasteiger charge is -2.21. The fourth-order valence-corrected chi connectivity index (χ4v) is 1.15. The van der Waals surface area contributed by atoms with Gasteiger partial charge in [0.15, 0.2) is 6.67 Å². The quantitative estimate of drug-likeness (QED) is 0.572. The van der Waals surface area contributed by atoms with Gasteiger partial charge in [-0.15, -0.1) is 0 Å². The standard InChI is InChI=1S/C9H15FN2O3/c1-12(2)6(3-4-8(11)14)9(15)7(13)5-10/h6H,3-5H2,1-2H3,(H2,11,14)/t6-/m0/s1. The Morgan fingerprint density at radius 3 is 2.20 bits per heavy atom. The van der Waals surface area contributed by atoms with E-state index in [1.807, 2.05) is 0 Å².